The van der Waals surface area contributed by atoms with Crippen molar-refractivity contribution in [3.63, 3.8) is 0 Å². The lowest BCUT2D eigenvalue weighted by atomic mass is 9.95. The highest BCUT2D eigenvalue weighted by atomic mass is 16.4. The van der Waals surface area contributed by atoms with Gasteiger partial charge < -0.3 is 5.11 Å². The van der Waals surface area contributed by atoms with Gasteiger partial charge in [0.05, 0.1) is 0 Å². The number of aliphatic carboxylic acids is 1. The summed E-state index contributed by atoms with van der Waals surface area (Å²) in [6, 6.07) is 0. The van der Waals surface area contributed by atoms with Crippen molar-refractivity contribution in [2.45, 2.75) is 34.1 Å². The zero-order valence-corrected chi connectivity index (χ0v) is 9.45. The van der Waals surface area contributed by atoms with Crippen LogP contribution in [0.3, 0.4) is 0 Å². The average molecular weight is 196 g/mol. The molecule has 0 aliphatic rings. The molecule has 0 aromatic heterocycles. The largest absolute Gasteiger partial charge is 0.478 e. The molecule has 0 unspecified atom stereocenters. The highest BCUT2D eigenvalue weighted by Gasteiger charge is 2.03. The van der Waals surface area contributed by atoms with Crippen LogP contribution in [0, 0.1) is 11.8 Å². The minimum atomic E-state index is -0.869. The number of hydrogen-bond donors (Lipinski definition) is 1. The van der Waals surface area contributed by atoms with Gasteiger partial charge in [-0.25, -0.2) is 4.79 Å². The number of rotatable bonds is 5. The standard InChI is InChI=1S/C12H20O2/c1-9(2)7-11(4)8-10(3)5-6-12(13)14/h5-7,10-11H,8H2,1-4H3,(H,13,14)/b6-5+/t10-,11+/m0/s1. The summed E-state index contributed by atoms with van der Waals surface area (Å²) in [7, 11) is 0. The number of hydrogen-bond acceptors (Lipinski definition) is 1. The van der Waals surface area contributed by atoms with Gasteiger partial charge >= 0.3 is 5.97 Å². The van der Waals surface area contributed by atoms with Crippen LogP contribution in [0.4, 0.5) is 0 Å². The molecule has 0 spiro atoms. The summed E-state index contributed by atoms with van der Waals surface area (Å²) in [6.45, 7) is 8.34. The first-order valence-corrected chi connectivity index (χ1v) is 4.98. The molecule has 0 heterocycles. The molecule has 80 valence electrons. The molecule has 0 aromatic carbocycles. The van der Waals surface area contributed by atoms with Crippen LogP contribution in [0.1, 0.15) is 34.1 Å². The van der Waals surface area contributed by atoms with E-state index in [2.05, 4.69) is 26.8 Å². The van der Waals surface area contributed by atoms with Crippen molar-refractivity contribution in [3.8, 4) is 0 Å². The Balaban J connectivity index is 4.00. The summed E-state index contributed by atoms with van der Waals surface area (Å²) >= 11 is 0. The first-order chi connectivity index (χ1) is 6.41. The summed E-state index contributed by atoms with van der Waals surface area (Å²) in [5.41, 5.74) is 1.31. The smallest absolute Gasteiger partial charge is 0.327 e. The molecule has 0 aliphatic heterocycles. The normalized spacial score (nSPS) is 15.1. The molecule has 0 radical (unpaired) electrons. The van der Waals surface area contributed by atoms with Gasteiger partial charge in [-0.15, -0.1) is 0 Å². The van der Waals surface area contributed by atoms with E-state index in [1.165, 1.54) is 11.6 Å². The van der Waals surface area contributed by atoms with E-state index in [4.69, 9.17) is 5.11 Å². The van der Waals surface area contributed by atoms with Gasteiger partial charge in [0.15, 0.2) is 0 Å². The molecule has 0 bridgehead atoms. The molecule has 1 N–H and O–H groups in total. The number of carbonyl (C=O) groups is 1. The fourth-order valence-electron chi connectivity index (χ4n) is 1.55. The zero-order chi connectivity index (χ0) is 11.1. The van der Waals surface area contributed by atoms with Crippen LogP contribution in [-0.4, -0.2) is 11.1 Å². The highest BCUT2D eigenvalue weighted by Crippen LogP contribution is 2.15. The summed E-state index contributed by atoms with van der Waals surface area (Å²) in [5, 5.41) is 8.44. The Labute approximate surface area is 86.3 Å². The molecule has 0 rings (SSSR count). The molecule has 0 fully saturated rings. The lowest BCUT2D eigenvalue weighted by Crippen LogP contribution is -1.99. The maximum Gasteiger partial charge on any atom is 0.327 e. The molecule has 0 saturated carbocycles. The molecule has 0 saturated heterocycles. The molecule has 14 heavy (non-hydrogen) atoms. The summed E-state index contributed by atoms with van der Waals surface area (Å²) in [4.78, 5) is 10.3. The second kappa shape index (κ2) is 6.41. The summed E-state index contributed by atoms with van der Waals surface area (Å²) in [5.74, 6) is -0.0446. The first kappa shape index (κ1) is 12.9. The third-order valence-electron chi connectivity index (χ3n) is 1.93. The molecule has 0 aliphatic carbocycles. The SMILES string of the molecule is CC(C)=C[C@@H](C)C[C@@H](C)/C=C/C(=O)O. The highest BCUT2D eigenvalue weighted by molar-refractivity contribution is 5.79. The van der Waals surface area contributed by atoms with E-state index in [9.17, 15) is 4.79 Å². The van der Waals surface area contributed by atoms with Crippen LogP contribution in [0.15, 0.2) is 23.8 Å². The van der Waals surface area contributed by atoms with Gasteiger partial charge in [0.2, 0.25) is 0 Å². The van der Waals surface area contributed by atoms with Gasteiger partial charge in [-0.05, 0) is 32.1 Å². The molecular formula is C12H20O2. The lowest BCUT2D eigenvalue weighted by molar-refractivity contribution is -0.131. The van der Waals surface area contributed by atoms with Gasteiger partial charge in [0.1, 0.15) is 0 Å². The lowest BCUT2D eigenvalue weighted by Gasteiger charge is -2.10. The van der Waals surface area contributed by atoms with E-state index < -0.39 is 5.97 Å². The van der Waals surface area contributed by atoms with Gasteiger partial charge in [0.25, 0.3) is 0 Å². The molecular weight excluding hydrogens is 176 g/mol. The van der Waals surface area contributed by atoms with Crippen LogP contribution in [0.25, 0.3) is 0 Å². The van der Waals surface area contributed by atoms with Crippen LogP contribution in [0.5, 0.6) is 0 Å². The number of carboxylic acids is 1. The van der Waals surface area contributed by atoms with Crippen LogP contribution < -0.4 is 0 Å². The van der Waals surface area contributed by atoms with E-state index in [0.29, 0.717) is 11.8 Å². The predicted octanol–water partition coefficient (Wildman–Crippen LogP) is 3.26. The Morgan fingerprint density at radius 2 is 1.86 bits per heavy atom. The Bertz CT molecular complexity index is 235. The van der Waals surface area contributed by atoms with E-state index in [0.717, 1.165) is 6.42 Å². The third-order valence-corrected chi connectivity index (χ3v) is 1.93. The minimum absolute atomic E-state index is 0.316. The molecule has 2 atom stereocenters. The van der Waals surface area contributed by atoms with Crippen LogP contribution >= 0.6 is 0 Å². The predicted molar refractivity (Wildman–Crippen MR) is 59.2 cm³/mol. The second-order valence-electron chi connectivity index (χ2n) is 4.13. The van der Waals surface area contributed by atoms with Crippen molar-refractivity contribution < 1.29 is 9.90 Å². The molecule has 0 amide bonds. The fraction of sp³-hybridized carbons (Fsp3) is 0.583. The van der Waals surface area contributed by atoms with Crippen LogP contribution in [-0.2, 0) is 4.79 Å². The summed E-state index contributed by atoms with van der Waals surface area (Å²) in [6.07, 6.45) is 6.18. The topological polar surface area (TPSA) is 37.3 Å². The van der Waals surface area contributed by atoms with E-state index >= 15 is 0 Å². The Kier molecular flexibility index (Phi) is 5.93. The molecule has 0 aromatic rings. The van der Waals surface area contributed by atoms with Gasteiger partial charge in [0, 0.05) is 6.08 Å². The Hall–Kier alpha value is -1.05. The van der Waals surface area contributed by atoms with Crippen LogP contribution in [0.2, 0.25) is 0 Å². The molecule has 2 heteroatoms. The number of allylic oxidation sites excluding steroid dienone is 3. The first-order valence-electron chi connectivity index (χ1n) is 4.98. The van der Waals surface area contributed by atoms with E-state index in [1.54, 1.807) is 6.08 Å². The van der Waals surface area contributed by atoms with Gasteiger partial charge in [-0.3, -0.25) is 0 Å². The van der Waals surface area contributed by atoms with Crippen molar-refractivity contribution >= 4 is 5.97 Å². The minimum Gasteiger partial charge on any atom is -0.478 e. The summed E-state index contributed by atoms with van der Waals surface area (Å²) < 4.78 is 0. The van der Waals surface area contributed by atoms with Crippen molar-refractivity contribution in [3.05, 3.63) is 23.8 Å². The van der Waals surface area contributed by atoms with Crippen molar-refractivity contribution in [2.24, 2.45) is 11.8 Å². The number of carboxylic acid groups (broad SMARTS) is 1. The van der Waals surface area contributed by atoms with E-state index in [-0.39, 0.29) is 0 Å². The third kappa shape index (κ3) is 7.59. The maximum atomic E-state index is 10.3. The van der Waals surface area contributed by atoms with Crippen molar-refractivity contribution in [1.29, 1.82) is 0 Å². The Morgan fingerprint density at radius 3 is 2.29 bits per heavy atom. The molecule has 2 nitrogen and oxygen atoms in total. The van der Waals surface area contributed by atoms with Crippen molar-refractivity contribution in [1.82, 2.24) is 0 Å². The van der Waals surface area contributed by atoms with E-state index in [1.807, 2.05) is 6.92 Å². The van der Waals surface area contributed by atoms with Gasteiger partial charge in [-0.2, -0.15) is 0 Å². The second-order valence-corrected chi connectivity index (χ2v) is 4.13. The zero-order valence-electron chi connectivity index (χ0n) is 9.45. The average Bonchev–Trinajstić information content (AvgIpc) is 1.98. The quantitative estimate of drug-likeness (QED) is 0.541. The monoisotopic (exact) mass is 196 g/mol. The fourth-order valence-corrected chi connectivity index (χ4v) is 1.55. The van der Waals surface area contributed by atoms with Gasteiger partial charge in [-0.1, -0.05) is 31.6 Å². The van der Waals surface area contributed by atoms with Crippen molar-refractivity contribution in [2.75, 3.05) is 0 Å². The Morgan fingerprint density at radius 1 is 1.29 bits per heavy atom. The maximum absolute atomic E-state index is 10.3.